The van der Waals surface area contributed by atoms with E-state index in [0.29, 0.717) is 0 Å². The van der Waals surface area contributed by atoms with Gasteiger partial charge in [0.05, 0.1) is 6.04 Å². The Kier molecular flexibility index (Phi) is 5.37. The van der Waals surface area contributed by atoms with Crippen molar-refractivity contribution in [2.75, 3.05) is 27.2 Å². The predicted octanol–water partition coefficient (Wildman–Crippen LogP) is 2.16. The van der Waals surface area contributed by atoms with Crippen LogP contribution in [0.5, 0.6) is 0 Å². The molecule has 1 aliphatic heterocycles. The smallest absolute Gasteiger partial charge is 0.241 e. The van der Waals surface area contributed by atoms with Crippen molar-refractivity contribution in [1.82, 2.24) is 15.1 Å². The highest BCUT2D eigenvalue weighted by Crippen LogP contribution is 2.27. The van der Waals surface area contributed by atoms with E-state index < -0.39 is 0 Å². The van der Waals surface area contributed by atoms with Gasteiger partial charge in [0.1, 0.15) is 6.17 Å². The minimum atomic E-state index is -0.0464. The Morgan fingerprint density at radius 2 is 2.10 bits per heavy atom. The zero-order valence-electron chi connectivity index (χ0n) is 13.6. The molecule has 1 saturated heterocycles. The quantitative estimate of drug-likeness (QED) is 0.871. The Morgan fingerprint density at radius 1 is 1.33 bits per heavy atom. The summed E-state index contributed by atoms with van der Waals surface area (Å²) in [5.74, 6) is 0.239. The van der Waals surface area contributed by atoms with Gasteiger partial charge in [0.2, 0.25) is 5.91 Å². The molecule has 1 fully saturated rings. The largest absolute Gasteiger partial charge is 0.322 e. The molecule has 0 radical (unpaired) electrons. The first-order valence-corrected chi connectivity index (χ1v) is 7.80. The lowest BCUT2D eigenvalue weighted by Crippen LogP contribution is -2.33. The highest BCUT2D eigenvalue weighted by Gasteiger charge is 2.38. The molecule has 0 saturated carbocycles. The van der Waals surface area contributed by atoms with Crippen molar-refractivity contribution in [3.63, 3.8) is 0 Å². The van der Waals surface area contributed by atoms with Gasteiger partial charge < -0.3 is 9.80 Å². The average molecular weight is 289 g/mol. The van der Waals surface area contributed by atoms with Crippen LogP contribution in [0.3, 0.4) is 0 Å². The van der Waals surface area contributed by atoms with Crippen LogP contribution in [-0.4, -0.2) is 48.9 Å². The summed E-state index contributed by atoms with van der Waals surface area (Å²) < 4.78 is 0. The van der Waals surface area contributed by atoms with Crippen LogP contribution < -0.4 is 5.32 Å². The molecule has 1 N–H and O–H groups in total. The monoisotopic (exact) mass is 289 g/mol. The molecule has 0 spiro atoms. The van der Waals surface area contributed by atoms with Gasteiger partial charge in [0.15, 0.2) is 0 Å². The number of hydrogen-bond acceptors (Lipinski definition) is 3. The Bertz CT molecular complexity index is 487. The van der Waals surface area contributed by atoms with Gasteiger partial charge in [-0.1, -0.05) is 36.8 Å². The normalized spacial score (nSPS) is 22.3. The fourth-order valence-electron chi connectivity index (χ4n) is 2.88. The first kappa shape index (κ1) is 16.0. The number of carbonyl (C=O) groups excluding carboxylic acids is 1. The van der Waals surface area contributed by atoms with Gasteiger partial charge in [-0.3, -0.25) is 10.1 Å². The van der Waals surface area contributed by atoms with Crippen molar-refractivity contribution in [2.24, 2.45) is 0 Å². The maximum atomic E-state index is 12.5. The molecule has 1 aromatic rings. The summed E-state index contributed by atoms with van der Waals surface area (Å²) >= 11 is 0. The van der Waals surface area contributed by atoms with E-state index in [0.717, 1.165) is 25.9 Å². The van der Waals surface area contributed by atoms with Gasteiger partial charge in [-0.15, -0.1) is 0 Å². The van der Waals surface area contributed by atoms with Crippen LogP contribution >= 0.6 is 0 Å². The molecule has 2 unspecified atom stereocenters. The molecule has 116 valence electrons. The minimum absolute atomic E-state index is 0.0181. The van der Waals surface area contributed by atoms with Crippen LogP contribution in [0, 0.1) is 6.92 Å². The number of hydrogen-bond donors (Lipinski definition) is 1. The third kappa shape index (κ3) is 3.83. The SMILES string of the molecule is CCC1NC(c2cccc(C)c2)N(CCCN(C)C)C1=O. The van der Waals surface area contributed by atoms with Gasteiger partial charge in [-0.05, 0) is 46.0 Å². The standard InChI is InChI=1S/C17H27N3O/c1-5-15-17(21)20(11-7-10-19(3)4)16(18-15)14-9-6-8-13(2)12-14/h6,8-9,12,15-16,18H,5,7,10-11H2,1-4H3. The molecule has 1 aliphatic rings. The van der Waals surface area contributed by atoms with Crippen LogP contribution in [0.25, 0.3) is 0 Å². The Hall–Kier alpha value is -1.39. The van der Waals surface area contributed by atoms with Crippen LogP contribution in [0.1, 0.15) is 37.1 Å². The summed E-state index contributed by atoms with van der Waals surface area (Å²) in [6, 6.07) is 8.38. The molecule has 4 nitrogen and oxygen atoms in total. The molecule has 1 aromatic carbocycles. The third-order valence-corrected chi connectivity index (χ3v) is 4.02. The molecular formula is C17H27N3O. The molecule has 1 heterocycles. The molecule has 21 heavy (non-hydrogen) atoms. The summed E-state index contributed by atoms with van der Waals surface area (Å²) in [6.07, 6.45) is 1.86. The van der Waals surface area contributed by atoms with E-state index in [9.17, 15) is 4.79 Å². The Balaban J connectivity index is 2.14. The Labute approximate surface area is 128 Å². The van der Waals surface area contributed by atoms with E-state index in [-0.39, 0.29) is 18.1 Å². The average Bonchev–Trinajstić information content (AvgIpc) is 2.75. The molecule has 0 bridgehead atoms. The molecule has 2 rings (SSSR count). The van der Waals surface area contributed by atoms with Crippen LogP contribution in [0.4, 0.5) is 0 Å². The van der Waals surface area contributed by atoms with E-state index in [1.165, 1.54) is 11.1 Å². The van der Waals surface area contributed by atoms with Crippen molar-refractivity contribution < 1.29 is 4.79 Å². The fraction of sp³-hybridized carbons (Fsp3) is 0.588. The Morgan fingerprint density at radius 3 is 2.71 bits per heavy atom. The topological polar surface area (TPSA) is 35.6 Å². The van der Waals surface area contributed by atoms with E-state index in [1.807, 2.05) is 4.90 Å². The van der Waals surface area contributed by atoms with Crippen molar-refractivity contribution in [3.8, 4) is 0 Å². The predicted molar refractivity (Wildman–Crippen MR) is 86.0 cm³/mol. The van der Waals surface area contributed by atoms with Crippen molar-refractivity contribution in [2.45, 2.75) is 38.9 Å². The van der Waals surface area contributed by atoms with Crippen LogP contribution in [-0.2, 0) is 4.79 Å². The number of amides is 1. The van der Waals surface area contributed by atoms with Gasteiger partial charge in [0.25, 0.3) is 0 Å². The minimum Gasteiger partial charge on any atom is -0.322 e. The van der Waals surface area contributed by atoms with Crippen LogP contribution in [0.15, 0.2) is 24.3 Å². The van der Waals surface area contributed by atoms with Crippen molar-refractivity contribution in [3.05, 3.63) is 35.4 Å². The third-order valence-electron chi connectivity index (χ3n) is 4.02. The molecule has 0 aromatic heterocycles. The van der Waals surface area contributed by atoms with E-state index in [1.54, 1.807) is 0 Å². The summed E-state index contributed by atoms with van der Waals surface area (Å²) in [7, 11) is 4.13. The maximum Gasteiger partial charge on any atom is 0.241 e. The summed E-state index contributed by atoms with van der Waals surface area (Å²) in [4.78, 5) is 16.7. The lowest BCUT2D eigenvalue weighted by Gasteiger charge is -2.25. The molecule has 1 amide bonds. The second-order valence-electron chi connectivity index (χ2n) is 6.13. The maximum absolute atomic E-state index is 12.5. The molecule has 0 aliphatic carbocycles. The number of nitrogens with one attached hydrogen (secondary N) is 1. The highest BCUT2D eigenvalue weighted by atomic mass is 16.2. The second kappa shape index (κ2) is 7.05. The number of benzene rings is 1. The van der Waals surface area contributed by atoms with Gasteiger partial charge >= 0.3 is 0 Å². The number of rotatable bonds is 6. The first-order chi connectivity index (χ1) is 10.0. The number of nitrogens with zero attached hydrogens (tertiary/aromatic N) is 2. The lowest BCUT2D eigenvalue weighted by atomic mass is 10.1. The zero-order valence-corrected chi connectivity index (χ0v) is 13.6. The zero-order chi connectivity index (χ0) is 15.4. The summed E-state index contributed by atoms with van der Waals surface area (Å²) in [5, 5.41) is 3.48. The molecule has 2 atom stereocenters. The van der Waals surface area contributed by atoms with E-state index in [2.05, 4.69) is 62.4 Å². The van der Waals surface area contributed by atoms with Gasteiger partial charge in [-0.25, -0.2) is 0 Å². The van der Waals surface area contributed by atoms with E-state index in [4.69, 9.17) is 0 Å². The fourth-order valence-corrected chi connectivity index (χ4v) is 2.88. The highest BCUT2D eigenvalue weighted by molar-refractivity contribution is 5.84. The first-order valence-electron chi connectivity index (χ1n) is 7.80. The molecule has 4 heteroatoms. The van der Waals surface area contributed by atoms with Crippen LogP contribution in [0.2, 0.25) is 0 Å². The lowest BCUT2D eigenvalue weighted by molar-refractivity contribution is -0.130. The number of carbonyl (C=O) groups is 1. The van der Waals surface area contributed by atoms with E-state index >= 15 is 0 Å². The van der Waals surface area contributed by atoms with Crippen molar-refractivity contribution >= 4 is 5.91 Å². The van der Waals surface area contributed by atoms with Gasteiger partial charge in [0, 0.05) is 6.54 Å². The summed E-state index contributed by atoms with van der Waals surface area (Å²) in [6.45, 7) is 5.96. The second-order valence-corrected chi connectivity index (χ2v) is 6.13. The van der Waals surface area contributed by atoms with Gasteiger partial charge in [-0.2, -0.15) is 0 Å². The van der Waals surface area contributed by atoms with Crippen molar-refractivity contribution in [1.29, 1.82) is 0 Å². The molecular weight excluding hydrogens is 262 g/mol. The summed E-state index contributed by atoms with van der Waals surface area (Å²) in [5.41, 5.74) is 2.42. The number of aryl methyl sites for hydroxylation is 1.